The van der Waals surface area contributed by atoms with Gasteiger partial charge in [0.05, 0.1) is 11.4 Å². The number of nitrogens with zero attached hydrogens (tertiary/aromatic N) is 2. The molecular formula is C14H18N2OS. The first-order valence-corrected chi connectivity index (χ1v) is 7.20. The number of hydrogen-bond acceptors (Lipinski definition) is 3. The largest absolute Gasteiger partial charge is 0.273 e. The van der Waals surface area contributed by atoms with Gasteiger partial charge in [0.15, 0.2) is 5.17 Å². The monoisotopic (exact) mass is 262 g/mol. The number of aryl methyl sites for hydroxylation is 1. The molecule has 1 amide bonds. The minimum atomic E-state index is 0.128. The molecule has 0 spiro atoms. The molecule has 3 nitrogen and oxygen atoms in total. The predicted molar refractivity (Wildman–Crippen MR) is 78.5 cm³/mol. The number of anilines is 1. The van der Waals surface area contributed by atoms with Crippen molar-refractivity contribution in [2.24, 2.45) is 4.99 Å². The van der Waals surface area contributed by atoms with Crippen LogP contribution in [-0.4, -0.2) is 23.4 Å². The molecule has 2 rings (SSSR count). The van der Waals surface area contributed by atoms with E-state index in [1.165, 1.54) is 17.3 Å². The molecule has 0 bridgehead atoms. The normalized spacial score (nSPS) is 17.8. The summed E-state index contributed by atoms with van der Waals surface area (Å²) in [5.41, 5.74) is 3.32. The van der Waals surface area contributed by atoms with Gasteiger partial charge in [0.1, 0.15) is 0 Å². The van der Waals surface area contributed by atoms with Gasteiger partial charge in [-0.2, -0.15) is 0 Å². The summed E-state index contributed by atoms with van der Waals surface area (Å²) in [6, 6.07) is 6.05. The van der Waals surface area contributed by atoms with Gasteiger partial charge in [0.2, 0.25) is 5.91 Å². The number of amides is 1. The Morgan fingerprint density at radius 3 is 2.89 bits per heavy atom. The highest BCUT2D eigenvalue weighted by molar-refractivity contribution is 8.15. The molecule has 0 saturated carbocycles. The SMILES string of the molecule is CCCN=C1SCC(=O)N1c1cccc(C)c1C. The second kappa shape index (κ2) is 5.57. The molecular weight excluding hydrogens is 244 g/mol. The number of carbonyl (C=O) groups is 1. The maximum Gasteiger partial charge on any atom is 0.243 e. The Morgan fingerprint density at radius 2 is 2.17 bits per heavy atom. The highest BCUT2D eigenvalue weighted by Gasteiger charge is 2.30. The van der Waals surface area contributed by atoms with Crippen LogP contribution in [0.3, 0.4) is 0 Å². The minimum absolute atomic E-state index is 0.128. The second-order valence-corrected chi connectivity index (χ2v) is 5.34. The molecule has 18 heavy (non-hydrogen) atoms. The number of hydrogen-bond donors (Lipinski definition) is 0. The van der Waals surface area contributed by atoms with Crippen LogP contribution in [0.1, 0.15) is 24.5 Å². The second-order valence-electron chi connectivity index (χ2n) is 4.40. The lowest BCUT2D eigenvalue weighted by Crippen LogP contribution is -2.30. The molecule has 1 aromatic rings. The van der Waals surface area contributed by atoms with Gasteiger partial charge >= 0.3 is 0 Å². The van der Waals surface area contributed by atoms with E-state index in [0.29, 0.717) is 5.75 Å². The topological polar surface area (TPSA) is 32.7 Å². The number of rotatable bonds is 3. The first kappa shape index (κ1) is 13.1. The maximum absolute atomic E-state index is 12.0. The smallest absolute Gasteiger partial charge is 0.243 e. The molecule has 0 aromatic heterocycles. The van der Waals surface area contributed by atoms with E-state index >= 15 is 0 Å². The number of aliphatic imine (C=N–C) groups is 1. The molecule has 0 N–H and O–H groups in total. The standard InChI is InChI=1S/C14H18N2OS/c1-4-8-15-14-16(13(17)9-18-14)12-7-5-6-10(2)11(12)3/h5-7H,4,8-9H2,1-3H3. The van der Waals surface area contributed by atoms with Gasteiger partial charge in [-0.25, -0.2) is 0 Å². The Bertz CT molecular complexity index is 497. The highest BCUT2D eigenvalue weighted by atomic mass is 32.2. The molecule has 1 aromatic carbocycles. The summed E-state index contributed by atoms with van der Waals surface area (Å²) in [6.07, 6.45) is 0.999. The van der Waals surface area contributed by atoms with Crippen LogP contribution in [0.4, 0.5) is 5.69 Å². The van der Waals surface area contributed by atoms with Gasteiger partial charge in [0, 0.05) is 6.54 Å². The van der Waals surface area contributed by atoms with E-state index in [1.807, 2.05) is 12.1 Å². The molecule has 0 atom stereocenters. The van der Waals surface area contributed by atoms with Crippen LogP contribution in [0.5, 0.6) is 0 Å². The zero-order valence-corrected chi connectivity index (χ0v) is 11.9. The van der Waals surface area contributed by atoms with Gasteiger partial charge in [-0.1, -0.05) is 30.8 Å². The number of amidine groups is 1. The van der Waals surface area contributed by atoms with Crippen LogP contribution >= 0.6 is 11.8 Å². The Hall–Kier alpha value is -1.29. The molecule has 96 valence electrons. The van der Waals surface area contributed by atoms with Crippen LogP contribution in [-0.2, 0) is 4.79 Å². The van der Waals surface area contributed by atoms with Crippen molar-refractivity contribution in [2.45, 2.75) is 27.2 Å². The van der Waals surface area contributed by atoms with E-state index < -0.39 is 0 Å². The number of carbonyl (C=O) groups excluding carboxylic acids is 1. The van der Waals surface area contributed by atoms with Crippen molar-refractivity contribution in [1.29, 1.82) is 0 Å². The highest BCUT2D eigenvalue weighted by Crippen LogP contribution is 2.30. The molecule has 1 heterocycles. The zero-order chi connectivity index (χ0) is 13.1. The van der Waals surface area contributed by atoms with Gasteiger partial charge < -0.3 is 0 Å². The molecule has 1 aliphatic heterocycles. The fourth-order valence-corrected chi connectivity index (χ4v) is 2.79. The lowest BCUT2D eigenvalue weighted by atomic mass is 10.1. The molecule has 4 heteroatoms. The van der Waals surface area contributed by atoms with Gasteiger partial charge in [-0.3, -0.25) is 14.7 Å². The van der Waals surface area contributed by atoms with E-state index in [-0.39, 0.29) is 5.91 Å². The summed E-state index contributed by atoms with van der Waals surface area (Å²) in [5, 5.41) is 0.843. The Labute approximate surface area is 112 Å². The molecule has 1 saturated heterocycles. The lowest BCUT2D eigenvalue weighted by molar-refractivity contribution is -0.115. The summed E-state index contributed by atoms with van der Waals surface area (Å²) in [5.74, 6) is 0.624. The molecule has 1 aliphatic rings. The Kier molecular flexibility index (Phi) is 4.07. The third-order valence-electron chi connectivity index (χ3n) is 3.05. The quantitative estimate of drug-likeness (QED) is 0.838. The van der Waals surface area contributed by atoms with Crippen LogP contribution in [0.25, 0.3) is 0 Å². The van der Waals surface area contributed by atoms with E-state index in [9.17, 15) is 4.79 Å². The summed E-state index contributed by atoms with van der Waals surface area (Å²) < 4.78 is 0. The van der Waals surface area contributed by atoms with Crippen LogP contribution in [0.2, 0.25) is 0 Å². The van der Waals surface area contributed by atoms with E-state index in [0.717, 1.165) is 29.4 Å². The zero-order valence-electron chi connectivity index (χ0n) is 11.1. The van der Waals surface area contributed by atoms with E-state index in [4.69, 9.17) is 0 Å². The van der Waals surface area contributed by atoms with Crippen molar-refractivity contribution in [3.05, 3.63) is 29.3 Å². The van der Waals surface area contributed by atoms with Gasteiger partial charge in [-0.05, 0) is 37.5 Å². The van der Waals surface area contributed by atoms with Crippen molar-refractivity contribution in [2.75, 3.05) is 17.2 Å². The average Bonchev–Trinajstić information content (AvgIpc) is 2.72. The summed E-state index contributed by atoms with van der Waals surface area (Å²) in [4.78, 5) is 18.3. The van der Waals surface area contributed by atoms with Gasteiger partial charge in [0.25, 0.3) is 0 Å². The molecule has 0 unspecified atom stereocenters. The van der Waals surface area contributed by atoms with Crippen molar-refractivity contribution in [1.82, 2.24) is 0 Å². The predicted octanol–water partition coefficient (Wildman–Crippen LogP) is 3.15. The van der Waals surface area contributed by atoms with Crippen molar-refractivity contribution >= 4 is 28.5 Å². The third kappa shape index (κ3) is 2.43. The summed E-state index contributed by atoms with van der Waals surface area (Å²) >= 11 is 1.53. The van der Waals surface area contributed by atoms with Crippen LogP contribution in [0.15, 0.2) is 23.2 Å². The van der Waals surface area contributed by atoms with Crippen molar-refractivity contribution in [3.63, 3.8) is 0 Å². The summed E-state index contributed by atoms with van der Waals surface area (Å²) in [7, 11) is 0. The molecule has 0 radical (unpaired) electrons. The first-order valence-electron chi connectivity index (χ1n) is 6.21. The minimum Gasteiger partial charge on any atom is -0.273 e. The Balaban J connectivity index is 2.40. The Morgan fingerprint density at radius 1 is 1.39 bits per heavy atom. The molecule has 1 fully saturated rings. The fraction of sp³-hybridized carbons (Fsp3) is 0.429. The molecule has 0 aliphatic carbocycles. The number of benzene rings is 1. The van der Waals surface area contributed by atoms with Crippen LogP contribution in [0, 0.1) is 13.8 Å². The van der Waals surface area contributed by atoms with Crippen LogP contribution < -0.4 is 4.90 Å². The fourth-order valence-electron chi connectivity index (χ4n) is 1.90. The first-order chi connectivity index (χ1) is 8.65. The van der Waals surface area contributed by atoms with Gasteiger partial charge in [-0.15, -0.1) is 0 Å². The lowest BCUT2D eigenvalue weighted by Gasteiger charge is -2.19. The average molecular weight is 262 g/mol. The van der Waals surface area contributed by atoms with Crippen molar-refractivity contribution < 1.29 is 4.79 Å². The number of thioether (sulfide) groups is 1. The maximum atomic E-state index is 12.0. The summed E-state index contributed by atoms with van der Waals surface area (Å²) in [6.45, 7) is 6.98. The van der Waals surface area contributed by atoms with E-state index in [2.05, 4.69) is 31.8 Å². The van der Waals surface area contributed by atoms with E-state index in [1.54, 1.807) is 4.90 Å². The third-order valence-corrected chi connectivity index (χ3v) is 4.01. The van der Waals surface area contributed by atoms with Crippen molar-refractivity contribution in [3.8, 4) is 0 Å².